The highest BCUT2D eigenvalue weighted by atomic mass is 79.9. The van der Waals surface area contributed by atoms with Crippen molar-refractivity contribution in [3.05, 3.63) is 34.3 Å². The van der Waals surface area contributed by atoms with E-state index in [1.807, 2.05) is 6.07 Å². The van der Waals surface area contributed by atoms with Crippen LogP contribution in [0.1, 0.15) is 51.7 Å². The second-order valence-corrected chi connectivity index (χ2v) is 6.48. The smallest absolute Gasteiger partial charge is 0.0960 e. The topological polar surface area (TPSA) is 21.3 Å². The zero-order valence-corrected chi connectivity index (χ0v) is 14.6. The van der Waals surface area contributed by atoms with Crippen molar-refractivity contribution in [2.24, 2.45) is 5.92 Å². The molecule has 0 aromatic heterocycles. The predicted octanol–water partition coefficient (Wildman–Crippen LogP) is 4.94. The Balaban J connectivity index is 2.54. The summed E-state index contributed by atoms with van der Waals surface area (Å²) in [6.07, 6.45) is 3.64. The van der Waals surface area contributed by atoms with Crippen LogP contribution in [0.15, 0.2) is 28.7 Å². The molecule has 0 radical (unpaired) electrons. The molecule has 0 amide bonds. The van der Waals surface area contributed by atoms with Crippen LogP contribution < -0.4 is 5.32 Å². The third-order valence-corrected chi connectivity index (χ3v) is 3.98. The largest absolute Gasteiger partial charge is 0.372 e. The molecule has 0 aliphatic heterocycles. The second-order valence-electron chi connectivity index (χ2n) is 5.62. The average Bonchev–Trinajstić information content (AvgIpc) is 2.42. The molecule has 1 aromatic rings. The van der Waals surface area contributed by atoms with E-state index in [0.717, 1.165) is 42.9 Å². The van der Waals surface area contributed by atoms with Crippen LogP contribution in [0.2, 0.25) is 0 Å². The molecule has 0 saturated carbocycles. The maximum atomic E-state index is 6.11. The van der Waals surface area contributed by atoms with E-state index < -0.39 is 0 Å². The highest BCUT2D eigenvalue weighted by Gasteiger charge is 2.14. The van der Waals surface area contributed by atoms with Gasteiger partial charge < -0.3 is 10.1 Å². The third kappa shape index (κ3) is 6.87. The summed E-state index contributed by atoms with van der Waals surface area (Å²) in [7, 11) is 0. The van der Waals surface area contributed by atoms with E-state index in [4.69, 9.17) is 4.74 Å². The van der Waals surface area contributed by atoms with E-state index in [1.54, 1.807) is 0 Å². The summed E-state index contributed by atoms with van der Waals surface area (Å²) in [6.45, 7) is 9.44. The first-order valence-electron chi connectivity index (χ1n) is 7.71. The number of hydrogen-bond donors (Lipinski definition) is 1. The molecule has 0 heterocycles. The molecule has 1 atom stereocenters. The Hall–Kier alpha value is -0.380. The van der Waals surface area contributed by atoms with Gasteiger partial charge in [-0.2, -0.15) is 0 Å². The minimum Gasteiger partial charge on any atom is -0.372 e. The van der Waals surface area contributed by atoms with Crippen LogP contribution in [-0.4, -0.2) is 19.7 Å². The van der Waals surface area contributed by atoms with Gasteiger partial charge in [0.1, 0.15) is 0 Å². The van der Waals surface area contributed by atoms with E-state index >= 15 is 0 Å². The Bertz CT molecular complexity index is 368. The van der Waals surface area contributed by atoms with Crippen LogP contribution in [0.4, 0.5) is 0 Å². The van der Waals surface area contributed by atoms with E-state index in [2.05, 4.69) is 60.2 Å². The second kappa shape index (κ2) is 10.4. The molecule has 0 aliphatic carbocycles. The number of ether oxygens (including phenoxy) is 1. The standard InChI is InChI=1S/C17H28BrNO/c1-4-11-19-13-17(20-12-7-8-14(2)3)15-9-5-6-10-16(15)18/h5-6,9-10,14,17,19H,4,7-8,11-13H2,1-3H3. The van der Waals surface area contributed by atoms with E-state index in [0.29, 0.717) is 0 Å². The molecule has 114 valence electrons. The molecule has 1 unspecified atom stereocenters. The molecule has 0 saturated heterocycles. The van der Waals surface area contributed by atoms with Crippen molar-refractivity contribution in [3.8, 4) is 0 Å². The number of rotatable bonds is 10. The Morgan fingerprint density at radius 3 is 2.65 bits per heavy atom. The normalized spacial score (nSPS) is 12.8. The number of nitrogens with one attached hydrogen (secondary N) is 1. The van der Waals surface area contributed by atoms with Gasteiger partial charge in [-0.1, -0.05) is 54.9 Å². The lowest BCUT2D eigenvalue weighted by Crippen LogP contribution is -2.24. The van der Waals surface area contributed by atoms with Crippen LogP contribution in [0.3, 0.4) is 0 Å². The van der Waals surface area contributed by atoms with E-state index in [9.17, 15) is 0 Å². The van der Waals surface area contributed by atoms with Crippen molar-refractivity contribution in [2.75, 3.05) is 19.7 Å². The van der Waals surface area contributed by atoms with Crippen molar-refractivity contribution < 1.29 is 4.74 Å². The van der Waals surface area contributed by atoms with Gasteiger partial charge in [-0.05, 0) is 43.4 Å². The van der Waals surface area contributed by atoms with Crippen LogP contribution in [-0.2, 0) is 4.74 Å². The maximum absolute atomic E-state index is 6.11. The van der Waals surface area contributed by atoms with Gasteiger partial charge in [-0.25, -0.2) is 0 Å². The monoisotopic (exact) mass is 341 g/mol. The van der Waals surface area contributed by atoms with E-state index in [-0.39, 0.29) is 6.10 Å². The average molecular weight is 342 g/mol. The molecular weight excluding hydrogens is 314 g/mol. The van der Waals surface area contributed by atoms with E-state index in [1.165, 1.54) is 12.0 Å². The van der Waals surface area contributed by atoms with Gasteiger partial charge >= 0.3 is 0 Å². The minimum atomic E-state index is 0.129. The quantitative estimate of drug-likeness (QED) is 0.608. The molecule has 1 N–H and O–H groups in total. The fraction of sp³-hybridized carbons (Fsp3) is 0.647. The zero-order chi connectivity index (χ0) is 14.8. The fourth-order valence-corrected chi connectivity index (χ4v) is 2.66. The minimum absolute atomic E-state index is 0.129. The molecule has 0 spiro atoms. The molecular formula is C17H28BrNO. The molecule has 2 nitrogen and oxygen atoms in total. The first kappa shape index (κ1) is 17.7. The molecule has 0 fully saturated rings. The Kier molecular flexibility index (Phi) is 9.16. The lowest BCUT2D eigenvalue weighted by Gasteiger charge is -2.20. The molecule has 0 bridgehead atoms. The predicted molar refractivity (Wildman–Crippen MR) is 90.1 cm³/mol. The third-order valence-electron chi connectivity index (χ3n) is 3.25. The number of hydrogen-bond acceptors (Lipinski definition) is 2. The fourth-order valence-electron chi connectivity index (χ4n) is 2.12. The van der Waals surface area contributed by atoms with Gasteiger partial charge in [0, 0.05) is 17.6 Å². The van der Waals surface area contributed by atoms with Crippen molar-refractivity contribution in [1.82, 2.24) is 5.32 Å². The Morgan fingerprint density at radius 1 is 1.25 bits per heavy atom. The van der Waals surface area contributed by atoms with Crippen LogP contribution >= 0.6 is 15.9 Å². The first-order valence-corrected chi connectivity index (χ1v) is 8.51. The summed E-state index contributed by atoms with van der Waals surface area (Å²) in [5.74, 6) is 0.749. The van der Waals surface area contributed by atoms with Crippen molar-refractivity contribution in [2.45, 2.75) is 46.1 Å². The van der Waals surface area contributed by atoms with Crippen molar-refractivity contribution >= 4 is 15.9 Å². The summed E-state index contributed by atoms with van der Waals surface area (Å²) in [6, 6.07) is 8.34. The molecule has 3 heteroatoms. The van der Waals surface area contributed by atoms with Crippen molar-refractivity contribution in [3.63, 3.8) is 0 Å². The van der Waals surface area contributed by atoms with Gasteiger partial charge in [0.2, 0.25) is 0 Å². The number of halogens is 1. The molecule has 20 heavy (non-hydrogen) atoms. The Morgan fingerprint density at radius 2 is 2.00 bits per heavy atom. The van der Waals surface area contributed by atoms with Crippen LogP contribution in [0, 0.1) is 5.92 Å². The highest BCUT2D eigenvalue weighted by Crippen LogP contribution is 2.25. The lowest BCUT2D eigenvalue weighted by molar-refractivity contribution is 0.0483. The molecule has 1 rings (SSSR count). The van der Waals surface area contributed by atoms with Crippen LogP contribution in [0.25, 0.3) is 0 Å². The summed E-state index contributed by atoms with van der Waals surface area (Å²) in [5, 5.41) is 3.46. The summed E-state index contributed by atoms with van der Waals surface area (Å²) < 4.78 is 7.25. The van der Waals surface area contributed by atoms with Crippen LogP contribution in [0.5, 0.6) is 0 Å². The van der Waals surface area contributed by atoms with Gasteiger partial charge in [0.25, 0.3) is 0 Å². The SMILES string of the molecule is CCCNCC(OCCCC(C)C)c1ccccc1Br. The first-order chi connectivity index (χ1) is 9.65. The van der Waals surface area contributed by atoms with Crippen molar-refractivity contribution in [1.29, 1.82) is 0 Å². The molecule has 1 aromatic carbocycles. The van der Waals surface area contributed by atoms with Gasteiger partial charge in [0.05, 0.1) is 6.10 Å². The van der Waals surface area contributed by atoms with Gasteiger partial charge in [-0.15, -0.1) is 0 Å². The lowest BCUT2D eigenvalue weighted by atomic mass is 10.1. The highest BCUT2D eigenvalue weighted by molar-refractivity contribution is 9.10. The Labute approximate surface area is 132 Å². The van der Waals surface area contributed by atoms with Gasteiger partial charge in [-0.3, -0.25) is 0 Å². The summed E-state index contributed by atoms with van der Waals surface area (Å²) >= 11 is 3.63. The molecule has 0 aliphatic rings. The number of benzene rings is 1. The summed E-state index contributed by atoms with van der Waals surface area (Å²) in [4.78, 5) is 0. The maximum Gasteiger partial charge on any atom is 0.0960 e. The zero-order valence-electron chi connectivity index (χ0n) is 13.0. The van der Waals surface area contributed by atoms with Gasteiger partial charge in [0.15, 0.2) is 0 Å². The summed E-state index contributed by atoms with van der Waals surface area (Å²) in [5.41, 5.74) is 1.24.